The van der Waals surface area contributed by atoms with Gasteiger partial charge in [0.05, 0.1) is 18.7 Å². The van der Waals surface area contributed by atoms with E-state index >= 15 is 0 Å². The summed E-state index contributed by atoms with van der Waals surface area (Å²) in [6.07, 6.45) is 2.40. The van der Waals surface area contributed by atoms with Crippen LogP contribution in [0.4, 0.5) is 0 Å². The van der Waals surface area contributed by atoms with Gasteiger partial charge in [-0.2, -0.15) is 0 Å². The number of carbonyl (C=O) groups excluding carboxylic acids is 1. The Bertz CT molecular complexity index is 708. The second kappa shape index (κ2) is 9.14. The Labute approximate surface area is 159 Å². The predicted molar refractivity (Wildman–Crippen MR) is 106 cm³/mol. The fourth-order valence-electron chi connectivity index (χ4n) is 3.29. The molecule has 140 valence electrons. The summed E-state index contributed by atoms with van der Waals surface area (Å²) in [5.41, 5.74) is 1.92. The number of aromatic nitrogens is 1. The second-order valence-electron chi connectivity index (χ2n) is 6.51. The highest BCUT2D eigenvalue weighted by Crippen LogP contribution is 2.26. The molecule has 0 aliphatic carbocycles. The van der Waals surface area contributed by atoms with Gasteiger partial charge in [-0.15, -0.1) is 11.3 Å². The molecule has 0 saturated carbocycles. The molecule has 1 unspecified atom stereocenters. The lowest BCUT2D eigenvalue weighted by Gasteiger charge is -2.28. The molecule has 2 aromatic rings. The lowest BCUT2D eigenvalue weighted by molar-refractivity contribution is -0.132. The number of carbonyl (C=O) groups is 1. The summed E-state index contributed by atoms with van der Waals surface area (Å²) in [5.74, 6) is 1.05. The molecular formula is C20H27N3O2S. The molecule has 1 aliphatic heterocycles. The summed E-state index contributed by atoms with van der Waals surface area (Å²) in [6, 6.07) is 8.28. The van der Waals surface area contributed by atoms with E-state index in [1.165, 1.54) is 0 Å². The highest BCUT2D eigenvalue weighted by molar-refractivity contribution is 7.13. The molecule has 26 heavy (non-hydrogen) atoms. The van der Waals surface area contributed by atoms with Crippen molar-refractivity contribution in [2.24, 2.45) is 0 Å². The summed E-state index contributed by atoms with van der Waals surface area (Å²) < 4.78 is 5.48. The maximum absolute atomic E-state index is 12.8. The number of nitrogens with zero attached hydrogens (tertiary/aromatic N) is 2. The third-order valence-electron chi connectivity index (χ3n) is 4.56. The Kier molecular flexibility index (Phi) is 6.63. The van der Waals surface area contributed by atoms with Crippen LogP contribution in [0.1, 0.15) is 32.4 Å². The van der Waals surface area contributed by atoms with Gasteiger partial charge in [-0.1, -0.05) is 6.92 Å². The lowest BCUT2D eigenvalue weighted by atomic mass is 10.1. The van der Waals surface area contributed by atoms with Crippen molar-refractivity contribution < 1.29 is 9.53 Å². The average Bonchev–Trinajstić information content (AvgIpc) is 3.32. The first-order valence-electron chi connectivity index (χ1n) is 9.39. The zero-order valence-corrected chi connectivity index (χ0v) is 16.3. The quantitative estimate of drug-likeness (QED) is 0.771. The van der Waals surface area contributed by atoms with Gasteiger partial charge >= 0.3 is 0 Å². The molecule has 0 bridgehead atoms. The van der Waals surface area contributed by atoms with E-state index in [2.05, 4.69) is 17.2 Å². The molecular weight excluding hydrogens is 346 g/mol. The third kappa shape index (κ3) is 4.62. The predicted octanol–water partition coefficient (Wildman–Crippen LogP) is 3.35. The number of hydrogen-bond acceptors (Lipinski definition) is 5. The first kappa shape index (κ1) is 18.9. The highest BCUT2D eigenvalue weighted by Gasteiger charge is 2.26. The largest absolute Gasteiger partial charge is 0.494 e. The Morgan fingerprint density at radius 1 is 1.35 bits per heavy atom. The standard InChI is InChI=1S/C20H27N3O2S/c1-3-11-23(17-9-10-21-13-17)19(24)12-16-14-26-20(22-16)15-5-7-18(8-6-15)25-4-2/h5-8,14,17,21H,3-4,9-13H2,1-2H3. The zero-order chi connectivity index (χ0) is 18.4. The molecule has 1 aromatic carbocycles. The molecule has 6 heteroatoms. The molecule has 1 N–H and O–H groups in total. The van der Waals surface area contributed by atoms with Gasteiger partial charge in [0.15, 0.2) is 0 Å². The van der Waals surface area contributed by atoms with E-state index in [1.807, 2.05) is 41.5 Å². The highest BCUT2D eigenvalue weighted by atomic mass is 32.1. The Morgan fingerprint density at radius 2 is 2.15 bits per heavy atom. The molecule has 1 saturated heterocycles. The van der Waals surface area contributed by atoms with Crippen molar-refractivity contribution in [2.45, 2.75) is 39.2 Å². The van der Waals surface area contributed by atoms with Crippen LogP contribution in [0.15, 0.2) is 29.6 Å². The Morgan fingerprint density at radius 3 is 2.81 bits per heavy atom. The van der Waals surface area contributed by atoms with Gasteiger partial charge in [0, 0.05) is 30.1 Å². The minimum Gasteiger partial charge on any atom is -0.494 e. The van der Waals surface area contributed by atoms with Gasteiger partial charge in [-0.25, -0.2) is 4.98 Å². The molecule has 1 atom stereocenters. The van der Waals surface area contributed by atoms with Crippen LogP contribution in [0.5, 0.6) is 5.75 Å². The van der Waals surface area contributed by atoms with Gasteiger partial charge in [-0.05, 0) is 50.6 Å². The first-order chi connectivity index (χ1) is 12.7. The van der Waals surface area contributed by atoms with Gasteiger partial charge < -0.3 is 15.0 Å². The number of amides is 1. The number of nitrogens with one attached hydrogen (secondary N) is 1. The summed E-state index contributed by atoms with van der Waals surface area (Å²) in [6.45, 7) is 7.47. The molecule has 5 nitrogen and oxygen atoms in total. The maximum atomic E-state index is 12.8. The zero-order valence-electron chi connectivity index (χ0n) is 15.5. The smallest absolute Gasteiger partial charge is 0.228 e. The van der Waals surface area contributed by atoms with Crippen LogP contribution >= 0.6 is 11.3 Å². The van der Waals surface area contributed by atoms with Crippen molar-refractivity contribution in [3.8, 4) is 16.3 Å². The van der Waals surface area contributed by atoms with Crippen molar-refractivity contribution >= 4 is 17.2 Å². The van der Waals surface area contributed by atoms with Crippen LogP contribution in [0.3, 0.4) is 0 Å². The Balaban J connectivity index is 1.65. The summed E-state index contributed by atoms with van der Waals surface area (Å²) in [4.78, 5) is 19.5. The minimum absolute atomic E-state index is 0.184. The monoisotopic (exact) mass is 373 g/mol. The van der Waals surface area contributed by atoms with E-state index in [1.54, 1.807) is 11.3 Å². The van der Waals surface area contributed by atoms with Crippen LogP contribution in [0.2, 0.25) is 0 Å². The van der Waals surface area contributed by atoms with Crippen molar-refractivity contribution in [3.63, 3.8) is 0 Å². The molecule has 1 fully saturated rings. The molecule has 0 radical (unpaired) electrons. The second-order valence-corrected chi connectivity index (χ2v) is 7.37. The van der Waals surface area contributed by atoms with E-state index in [9.17, 15) is 4.79 Å². The van der Waals surface area contributed by atoms with Crippen LogP contribution in [0.25, 0.3) is 10.6 Å². The van der Waals surface area contributed by atoms with Crippen LogP contribution in [-0.4, -0.2) is 48.1 Å². The fourth-order valence-corrected chi connectivity index (χ4v) is 4.12. The molecule has 2 heterocycles. The van der Waals surface area contributed by atoms with E-state index in [0.717, 1.165) is 54.5 Å². The van der Waals surface area contributed by atoms with Crippen molar-refractivity contribution in [2.75, 3.05) is 26.2 Å². The van der Waals surface area contributed by atoms with E-state index in [-0.39, 0.29) is 5.91 Å². The summed E-state index contributed by atoms with van der Waals surface area (Å²) >= 11 is 1.59. The SMILES string of the molecule is CCCN(C(=O)Cc1csc(-c2ccc(OCC)cc2)n1)C1CCNC1. The average molecular weight is 374 g/mol. The first-order valence-corrected chi connectivity index (χ1v) is 10.3. The van der Waals surface area contributed by atoms with Crippen LogP contribution in [0, 0.1) is 0 Å². The summed E-state index contributed by atoms with van der Waals surface area (Å²) in [5, 5.41) is 6.30. The molecule has 1 aliphatic rings. The van der Waals surface area contributed by atoms with Crippen LogP contribution < -0.4 is 10.1 Å². The van der Waals surface area contributed by atoms with Crippen molar-refractivity contribution in [3.05, 3.63) is 35.3 Å². The van der Waals surface area contributed by atoms with Gasteiger partial charge in [0.2, 0.25) is 5.91 Å². The van der Waals surface area contributed by atoms with E-state index in [4.69, 9.17) is 4.74 Å². The third-order valence-corrected chi connectivity index (χ3v) is 5.50. The van der Waals surface area contributed by atoms with Crippen molar-refractivity contribution in [1.82, 2.24) is 15.2 Å². The van der Waals surface area contributed by atoms with Gasteiger partial charge in [0.25, 0.3) is 0 Å². The van der Waals surface area contributed by atoms with E-state index in [0.29, 0.717) is 19.1 Å². The minimum atomic E-state index is 0.184. The van der Waals surface area contributed by atoms with Gasteiger partial charge in [0.1, 0.15) is 10.8 Å². The van der Waals surface area contributed by atoms with Crippen LogP contribution in [-0.2, 0) is 11.2 Å². The molecule has 0 spiro atoms. The fraction of sp³-hybridized carbons (Fsp3) is 0.500. The maximum Gasteiger partial charge on any atom is 0.228 e. The lowest BCUT2D eigenvalue weighted by Crippen LogP contribution is -2.42. The number of thiazole rings is 1. The number of ether oxygens (including phenoxy) is 1. The normalized spacial score (nSPS) is 16.6. The molecule has 1 aromatic heterocycles. The topological polar surface area (TPSA) is 54.5 Å². The number of rotatable bonds is 8. The van der Waals surface area contributed by atoms with Crippen molar-refractivity contribution in [1.29, 1.82) is 0 Å². The Hall–Kier alpha value is -1.92. The van der Waals surface area contributed by atoms with Gasteiger partial charge in [-0.3, -0.25) is 4.79 Å². The number of benzene rings is 1. The molecule has 3 rings (SSSR count). The van der Waals surface area contributed by atoms with E-state index < -0.39 is 0 Å². The number of hydrogen-bond donors (Lipinski definition) is 1. The molecule has 1 amide bonds. The summed E-state index contributed by atoms with van der Waals surface area (Å²) in [7, 11) is 0.